The number of aromatic nitrogens is 1. The molecule has 2 aliphatic rings. The molecular formula is C23H25F3N2O5S2. The number of carbonyl (C=O) groups excluding carboxylic acids is 1. The molecule has 12 heteroatoms. The normalized spacial score (nSPS) is 26.9. The number of sulfonamides is 1. The Morgan fingerprint density at radius 1 is 1.23 bits per heavy atom. The molecule has 35 heavy (non-hydrogen) atoms. The Morgan fingerprint density at radius 3 is 2.46 bits per heavy atom. The lowest BCUT2D eigenvalue weighted by atomic mass is 9.93. The second-order valence-corrected chi connectivity index (χ2v) is 13.3. The fourth-order valence-corrected chi connectivity index (χ4v) is 7.32. The van der Waals surface area contributed by atoms with Gasteiger partial charge in [-0.3, -0.25) is 0 Å². The summed E-state index contributed by atoms with van der Waals surface area (Å²) in [7, 11) is -4.12. The highest BCUT2D eigenvalue weighted by Crippen LogP contribution is 2.59. The van der Waals surface area contributed by atoms with E-state index in [9.17, 15) is 26.4 Å². The molecule has 2 heterocycles. The summed E-state index contributed by atoms with van der Waals surface area (Å²) < 4.78 is 76.9. The number of benzene rings is 1. The molecule has 1 unspecified atom stereocenters. The van der Waals surface area contributed by atoms with Gasteiger partial charge in [-0.1, -0.05) is 48.5 Å². The molecule has 1 fully saturated rings. The number of esters is 1. The van der Waals surface area contributed by atoms with Gasteiger partial charge in [0.15, 0.2) is 0 Å². The van der Waals surface area contributed by atoms with Crippen LogP contribution in [0, 0.1) is 0 Å². The van der Waals surface area contributed by atoms with Gasteiger partial charge in [0, 0.05) is 16.4 Å². The van der Waals surface area contributed by atoms with Crippen LogP contribution in [-0.4, -0.2) is 35.3 Å². The van der Waals surface area contributed by atoms with Crippen molar-refractivity contribution in [1.29, 1.82) is 0 Å². The third kappa shape index (κ3) is 4.88. The Balaban J connectivity index is 1.57. The zero-order valence-electron chi connectivity index (χ0n) is 19.5. The summed E-state index contributed by atoms with van der Waals surface area (Å²) in [5, 5.41) is 3.43. The summed E-state index contributed by atoms with van der Waals surface area (Å²) in [6.07, 6.45) is -2.98. The van der Waals surface area contributed by atoms with Crippen LogP contribution < -0.4 is 4.72 Å². The predicted octanol–water partition coefficient (Wildman–Crippen LogP) is 4.86. The van der Waals surface area contributed by atoms with E-state index in [1.165, 1.54) is 6.08 Å². The van der Waals surface area contributed by atoms with Crippen molar-refractivity contribution in [1.82, 2.24) is 9.88 Å². The number of rotatable bonds is 6. The quantitative estimate of drug-likeness (QED) is 0.533. The molecule has 0 radical (unpaired) electrons. The van der Waals surface area contributed by atoms with Crippen LogP contribution in [-0.2, 0) is 31.1 Å². The highest BCUT2D eigenvalue weighted by atomic mass is 32.3. The minimum Gasteiger partial charge on any atom is -0.459 e. The molecule has 190 valence electrons. The van der Waals surface area contributed by atoms with E-state index in [-0.39, 0.29) is 23.4 Å². The van der Waals surface area contributed by atoms with E-state index in [4.69, 9.17) is 4.74 Å². The molecular weight excluding hydrogens is 505 g/mol. The van der Waals surface area contributed by atoms with Crippen LogP contribution in [0.15, 0.2) is 47.0 Å². The largest absolute Gasteiger partial charge is 0.459 e. The predicted molar refractivity (Wildman–Crippen MR) is 125 cm³/mol. The van der Waals surface area contributed by atoms with E-state index in [1.54, 1.807) is 27.7 Å². The summed E-state index contributed by atoms with van der Waals surface area (Å²) in [6.45, 7) is 6.90. The molecule has 0 saturated heterocycles. The highest BCUT2D eigenvalue weighted by Gasteiger charge is 2.73. The lowest BCUT2D eigenvalue weighted by Gasteiger charge is -2.28. The molecule has 1 aromatic heterocycles. The maximum absolute atomic E-state index is 13.4. The fourth-order valence-electron chi connectivity index (χ4n) is 4.12. The van der Waals surface area contributed by atoms with Crippen molar-refractivity contribution >= 4 is 32.7 Å². The standard InChI is InChI=1S/C23H25F3N2O5S2/c1-20(2,3)32-19(29)22(13-21(22,4)14-8-6-5-7-9-14)28-35(30,31)18-11-10-16(34-18)15-12-17(33-27-15)23(24,25)26/h5-10,12,18,28H,11,13H2,1-4H3/t18?,21-,22-/m1/s1. The maximum atomic E-state index is 13.4. The first-order valence-corrected chi connectivity index (χ1v) is 13.2. The number of ether oxygens (including phenoxy) is 1. The van der Waals surface area contributed by atoms with Gasteiger partial charge in [0.05, 0.1) is 0 Å². The molecule has 0 spiro atoms. The van der Waals surface area contributed by atoms with E-state index in [0.29, 0.717) is 0 Å². The molecule has 3 atom stereocenters. The third-order valence-electron chi connectivity index (χ3n) is 6.05. The Hall–Kier alpha value is -2.31. The Morgan fingerprint density at radius 2 is 1.89 bits per heavy atom. The fraction of sp³-hybridized carbons (Fsp3) is 0.478. The third-order valence-corrected chi connectivity index (χ3v) is 9.70. The second kappa shape index (κ2) is 8.38. The molecule has 1 aliphatic carbocycles. The van der Waals surface area contributed by atoms with Crippen LogP contribution in [0.4, 0.5) is 13.2 Å². The van der Waals surface area contributed by atoms with Gasteiger partial charge in [-0.15, -0.1) is 11.8 Å². The van der Waals surface area contributed by atoms with E-state index in [1.807, 2.05) is 30.3 Å². The SMILES string of the molecule is CC(C)(C)OC(=O)[C@]1(NS(=O)(=O)C2CC=C(c3cc(C(F)(F)F)on3)S2)C[C@]1(C)c1ccccc1. The lowest BCUT2D eigenvalue weighted by molar-refractivity contribution is -0.159. The number of nitrogens with one attached hydrogen (secondary N) is 1. The van der Waals surface area contributed by atoms with Gasteiger partial charge in [-0.25, -0.2) is 13.2 Å². The summed E-state index contributed by atoms with van der Waals surface area (Å²) in [4.78, 5) is 13.6. The summed E-state index contributed by atoms with van der Waals surface area (Å²) in [6, 6.07) is 9.83. The smallest absolute Gasteiger partial charge is 0.452 e. The first-order valence-electron chi connectivity index (χ1n) is 10.8. The van der Waals surface area contributed by atoms with Gasteiger partial charge in [0.2, 0.25) is 15.8 Å². The van der Waals surface area contributed by atoms with Gasteiger partial charge in [-0.2, -0.15) is 17.9 Å². The van der Waals surface area contributed by atoms with Gasteiger partial charge < -0.3 is 9.26 Å². The first-order chi connectivity index (χ1) is 16.1. The number of halogens is 3. The van der Waals surface area contributed by atoms with Crippen LogP contribution in [0.2, 0.25) is 0 Å². The lowest BCUT2D eigenvalue weighted by Crippen LogP contribution is -2.52. The number of hydrogen-bond acceptors (Lipinski definition) is 7. The molecule has 1 aliphatic heterocycles. The Labute approximate surface area is 205 Å². The monoisotopic (exact) mass is 530 g/mol. The molecule has 1 N–H and O–H groups in total. The summed E-state index contributed by atoms with van der Waals surface area (Å²) >= 11 is 0.853. The zero-order chi connectivity index (χ0) is 25.9. The zero-order valence-corrected chi connectivity index (χ0v) is 21.1. The molecule has 1 saturated carbocycles. The first kappa shape index (κ1) is 25.8. The number of hydrogen-bond donors (Lipinski definition) is 1. The number of nitrogens with zero attached hydrogens (tertiary/aromatic N) is 1. The van der Waals surface area contributed by atoms with Gasteiger partial charge >= 0.3 is 12.1 Å². The maximum Gasteiger partial charge on any atom is 0.452 e. The number of alkyl halides is 3. The molecule has 0 bridgehead atoms. The van der Waals surface area contributed by atoms with E-state index < -0.39 is 49.1 Å². The van der Waals surface area contributed by atoms with E-state index in [0.717, 1.165) is 23.4 Å². The number of carbonyl (C=O) groups is 1. The topological polar surface area (TPSA) is 98.5 Å². The van der Waals surface area contributed by atoms with Crippen LogP contribution in [0.3, 0.4) is 0 Å². The highest BCUT2D eigenvalue weighted by molar-refractivity contribution is 8.18. The van der Waals surface area contributed by atoms with Crippen LogP contribution in [0.25, 0.3) is 4.91 Å². The van der Waals surface area contributed by atoms with Crippen molar-refractivity contribution in [2.75, 3.05) is 0 Å². The van der Waals surface area contributed by atoms with Crippen molar-refractivity contribution in [3.05, 3.63) is 59.5 Å². The summed E-state index contributed by atoms with van der Waals surface area (Å²) in [5.74, 6) is -1.94. The number of allylic oxidation sites excluding steroid dienone is 1. The molecule has 4 rings (SSSR count). The molecule has 1 aromatic carbocycles. The van der Waals surface area contributed by atoms with Gasteiger partial charge in [0.25, 0.3) is 0 Å². The average Bonchev–Trinajstić information content (AvgIpc) is 3.17. The van der Waals surface area contributed by atoms with E-state index >= 15 is 0 Å². The Bertz CT molecular complexity index is 1270. The van der Waals surface area contributed by atoms with Crippen LogP contribution >= 0.6 is 11.8 Å². The minimum atomic E-state index is -4.70. The van der Waals surface area contributed by atoms with Gasteiger partial charge in [0.1, 0.15) is 21.4 Å². The number of thioether (sulfide) groups is 1. The van der Waals surface area contributed by atoms with Crippen molar-refractivity contribution in [3.63, 3.8) is 0 Å². The molecule has 7 nitrogen and oxygen atoms in total. The second-order valence-electron chi connectivity index (χ2n) is 9.85. The van der Waals surface area contributed by atoms with Gasteiger partial charge in [-0.05, 0) is 39.2 Å². The van der Waals surface area contributed by atoms with Crippen LogP contribution in [0.5, 0.6) is 0 Å². The molecule has 0 amide bonds. The van der Waals surface area contributed by atoms with Crippen LogP contribution in [0.1, 0.15) is 57.6 Å². The van der Waals surface area contributed by atoms with Crippen molar-refractivity contribution in [2.45, 2.75) is 67.8 Å². The van der Waals surface area contributed by atoms with Crippen molar-refractivity contribution in [3.8, 4) is 0 Å². The Kier molecular flexibility index (Phi) is 6.17. The molecule has 2 aromatic rings. The average molecular weight is 531 g/mol. The summed E-state index contributed by atoms with van der Waals surface area (Å²) in [5.41, 5.74) is -2.50. The van der Waals surface area contributed by atoms with E-state index in [2.05, 4.69) is 14.4 Å². The minimum absolute atomic E-state index is 0.0238. The van der Waals surface area contributed by atoms with Crippen molar-refractivity contribution in [2.24, 2.45) is 0 Å². The van der Waals surface area contributed by atoms with Crippen molar-refractivity contribution < 1.29 is 35.6 Å².